The third-order valence-electron chi connectivity index (χ3n) is 4.88. The molecule has 3 aromatic rings. The maximum atomic E-state index is 5.86. The molecule has 0 N–H and O–H groups in total. The van der Waals surface area contributed by atoms with Crippen LogP contribution in [-0.4, -0.2) is 45.1 Å². The van der Waals surface area contributed by atoms with Crippen LogP contribution in [0.4, 0.5) is 0 Å². The van der Waals surface area contributed by atoms with Crippen LogP contribution in [0.15, 0.2) is 59.8 Å². The van der Waals surface area contributed by atoms with E-state index in [0.717, 1.165) is 47.8 Å². The molecule has 4 rings (SSSR count). The fourth-order valence-corrected chi connectivity index (χ4v) is 4.19. The van der Waals surface area contributed by atoms with E-state index in [-0.39, 0.29) is 0 Å². The first kappa shape index (κ1) is 19.0. The molecule has 0 aliphatic carbocycles. The zero-order valence-electron chi connectivity index (χ0n) is 16.3. The Kier molecular flexibility index (Phi) is 6.29. The van der Waals surface area contributed by atoms with Gasteiger partial charge in [-0.1, -0.05) is 47.7 Å². The third kappa shape index (κ3) is 4.75. The van der Waals surface area contributed by atoms with Crippen LogP contribution < -0.4 is 4.74 Å². The Balaban J connectivity index is 1.43. The summed E-state index contributed by atoms with van der Waals surface area (Å²) in [4.78, 5) is 2.46. The molecule has 0 saturated carbocycles. The fraction of sp³-hybridized carbons (Fsp3) is 0.364. The molecule has 5 nitrogen and oxygen atoms in total. The topological polar surface area (TPSA) is 43.2 Å². The Hall–Kier alpha value is -2.31. The standard InChI is InChI=1S/C22H26N4OS/c1-18-9-11-20(12-10-18)27-15-16-28-22-24-23-21(17-25-13-5-6-14-25)26(22)19-7-3-2-4-8-19/h2-4,7-12H,5-6,13-17H2,1H3. The number of rotatable bonds is 8. The van der Waals surface area contributed by atoms with Gasteiger partial charge in [-0.05, 0) is 57.1 Å². The van der Waals surface area contributed by atoms with Crippen molar-refractivity contribution in [3.8, 4) is 11.4 Å². The molecular weight excluding hydrogens is 368 g/mol. The lowest BCUT2D eigenvalue weighted by Gasteiger charge is -2.16. The summed E-state index contributed by atoms with van der Waals surface area (Å²) in [6.07, 6.45) is 2.55. The molecule has 2 aromatic carbocycles. The van der Waals surface area contributed by atoms with Crippen molar-refractivity contribution in [3.63, 3.8) is 0 Å². The molecule has 146 valence electrons. The molecule has 1 aliphatic heterocycles. The van der Waals surface area contributed by atoms with Crippen LogP contribution in [0.2, 0.25) is 0 Å². The van der Waals surface area contributed by atoms with E-state index < -0.39 is 0 Å². The van der Waals surface area contributed by atoms with E-state index >= 15 is 0 Å². The number of thioether (sulfide) groups is 1. The predicted octanol–water partition coefficient (Wildman–Crippen LogP) is 4.34. The van der Waals surface area contributed by atoms with Gasteiger partial charge in [-0.2, -0.15) is 0 Å². The summed E-state index contributed by atoms with van der Waals surface area (Å²) in [6, 6.07) is 18.6. The fourth-order valence-electron chi connectivity index (χ4n) is 3.40. The Morgan fingerprint density at radius 1 is 0.964 bits per heavy atom. The number of para-hydroxylation sites is 1. The highest BCUT2D eigenvalue weighted by molar-refractivity contribution is 7.99. The van der Waals surface area contributed by atoms with Crippen molar-refractivity contribution < 1.29 is 4.74 Å². The van der Waals surface area contributed by atoms with Gasteiger partial charge in [0.1, 0.15) is 5.75 Å². The van der Waals surface area contributed by atoms with Gasteiger partial charge < -0.3 is 4.74 Å². The summed E-state index contributed by atoms with van der Waals surface area (Å²) in [6.45, 7) is 5.86. The van der Waals surface area contributed by atoms with E-state index in [0.29, 0.717) is 6.61 Å². The van der Waals surface area contributed by atoms with Crippen LogP contribution >= 0.6 is 11.8 Å². The maximum absolute atomic E-state index is 5.86. The third-order valence-corrected chi connectivity index (χ3v) is 5.78. The van der Waals surface area contributed by atoms with E-state index in [9.17, 15) is 0 Å². The van der Waals surface area contributed by atoms with Gasteiger partial charge in [0.2, 0.25) is 0 Å². The van der Waals surface area contributed by atoms with Crippen LogP contribution in [0, 0.1) is 6.92 Å². The highest BCUT2D eigenvalue weighted by Gasteiger charge is 2.19. The Morgan fingerprint density at radius 2 is 1.71 bits per heavy atom. The van der Waals surface area contributed by atoms with Crippen molar-refractivity contribution >= 4 is 11.8 Å². The summed E-state index contributed by atoms with van der Waals surface area (Å²) >= 11 is 1.69. The second-order valence-corrected chi connectivity index (χ2v) is 8.13. The molecule has 1 aliphatic rings. The minimum atomic E-state index is 0.636. The van der Waals surface area contributed by atoms with Gasteiger partial charge in [-0.3, -0.25) is 9.47 Å². The average molecular weight is 395 g/mol. The molecule has 1 fully saturated rings. The zero-order chi connectivity index (χ0) is 19.2. The lowest BCUT2D eigenvalue weighted by molar-refractivity contribution is 0.319. The monoisotopic (exact) mass is 394 g/mol. The second kappa shape index (κ2) is 9.26. The number of benzene rings is 2. The SMILES string of the molecule is Cc1ccc(OCCSc2nnc(CN3CCCC3)n2-c2ccccc2)cc1. The van der Waals surface area contributed by atoms with Crippen molar-refractivity contribution in [2.24, 2.45) is 0 Å². The first-order chi connectivity index (χ1) is 13.8. The summed E-state index contributed by atoms with van der Waals surface area (Å²) in [5, 5.41) is 9.92. The molecule has 0 atom stereocenters. The summed E-state index contributed by atoms with van der Waals surface area (Å²) in [7, 11) is 0. The summed E-state index contributed by atoms with van der Waals surface area (Å²) < 4.78 is 8.05. The van der Waals surface area contributed by atoms with Crippen molar-refractivity contribution in [2.45, 2.75) is 31.5 Å². The van der Waals surface area contributed by atoms with Crippen LogP contribution in [-0.2, 0) is 6.54 Å². The van der Waals surface area contributed by atoms with Gasteiger partial charge in [-0.15, -0.1) is 10.2 Å². The van der Waals surface area contributed by atoms with Crippen molar-refractivity contribution in [1.82, 2.24) is 19.7 Å². The van der Waals surface area contributed by atoms with Gasteiger partial charge in [-0.25, -0.2) is 0 Å². The highest BCUT2D eigenvalue weighted by atomic mass is 32.2. The van der Waals surface area contributed by atoms with E-state index in [2.05, 4.69) is 63.0 Å². The molecule has 2 heterocycles. The van der Waals surface area contributed by atoms with Gasteiger partial charge >= 0.3 is 0 Å². The quantitative estimate of drug-likeness (QED) is 0.420. The van der Waals surface area contributed by atoms with Crippen LogP contribution in [0.5, 0.6) is 5.75 Å². The number of aromatic nitrogens is 3. The lowest BCUT2D eigenvalue weighted by Crippen LogP contribution is -2.21. The number of likely N-dealkylation sites (tertiary alicyclic amines) is 1. The number of nitrogens with zero attached hydrogens (tertiary/aromatic N) is 4. The Morgan fingerprint density at radius 3 is 2.46 bits per heavy atom. The van der Waals surface area contributed by atoms with Crippen molar-refractivity contribution in [1.29, 1.82) is 0 Å². The molecule has 0 unspecified atom stereocenters. The van der Waals surface area contributed by atoms with Gasteiger partial charge in [0, 0.05) is 11.4 Å². The van der Waals surface area contributed by atoms with Gasteiger partial charge in [0.25, 0.3) is 0 Å². The van der Waals surface area contributed by atoms with E-state index in [1.165, 1.54) is 18.4 Å². The molecule has 6 heteroatoms. The van der Waals surface area contributed by atoms with E-state index in [1.54, 1.807) is 11.8 Å². The number of hydrogen-bond donors (Lipinski definition) is 0. The number of hydrogen-bond acceptors (Lipinski definition) is 5. The number of aryl methyl sites for hydroxylation is 1. The molecule has 0 amide bonds. The smallest absolute Gasteiger partial charge is 0.195 e. The van der Waals surface area contributed by atoms with Crippen LogP contribution in [0.1, 0.15) is 24.2 Å². The Bertz CT molecular complexity index is 873. The molecule has 28 heavy (non-hydrogen) atoms. The number of ether oxygens (including phenoxy) is 1. The minimum Gasteiger partial charge on any atom is -0.493 e. The summed E-state index contributed by atoms with van der Waals surface area (Å²) in [5.74, 6) is 2.74. The molecule has 0 radical (unpaired) electrons. The van der Waals surface area contributed by atoms with Crippen molar-refractivity contribution in [3.05, 3.63) is 66.0 Å². The van der Waals surface area contributed by atoms with E-state index in [4.69, 9.17) is 4.74 Å². The first-order valence-electron chi connectivity index (χ1n) is 9.84. The Labute approximate surface area is 170 Å². The van der Waals surface area contributed by atoms with Gasteiger partial charge in [0.05, 0.1) is 13.2 Å². The summed E-state index contributed by atoms with van der Waals surface area (Å²) in [5.41, 5.74) is 2.35. The molecule has 1 saturated heterocycles. The predicted molar refractivity (Wildman–Crippen MR) is 113 cm³/mol. The van der Waals surface area contributed by atoms with Gasteiger partial charge in [0.15, 0.2) is 11.0 Å². The normalized spacial score (nSPS) is 14.5. The zero-order valence-corrected chi connectivity index (χ0v) is 17.1. The largest absolute Gasteiger partial charge is 0.493 e. The molecule has 0 bridgehead atoms. The molecule has 0 spiro atoms. The van der Waals surface area contributed by atoms with Crippen LogP contribution in [0.25, 0.3) is 5.69 Å². The first-order valence-corrected chi connectivity index (χ1v) is 10.8. The molecule has 1 aromatic heterocycles. The molecular formula is C22H26N4OS. The van der Waals surface area contributed by atoms with Crippen molar-refractivity contribution in [2.75, 3.05) is 25.4 Å². The lowest BCUT2D eigenvalue weighted by atomic mass is 10.2. The van der Waals surface area contributed by atoms with E-state index in [1.807, 2.05) is 18.2 Å². The average Bonchev–Trinajstić information content (AvgIpc) is 3.38. The maximum Gasteiger partial charge on any atom is 0.195 e. The second-order valence-electron chi connectivity index (χ2n) is 7.06. The minimum absolute atomic E-state index is 0.636. The van der Waals surface area contributed by atoms with Crippen LogP contribution in [0.3, 0.4) is 0 Å². The highest BCUT2D eigenvalue weighted by Crippen LogP contribution is 2.24.